The lowest BCUT2D eigenvalue weighted by atomic mass is 10.1. The van der Waals surface area contributed by atoms with Crippen LogP contribution in [0.5, 0.6) is 0 Å². The number of para-hydroxylation sites is 1. The number of rotatable bonds is 2. The van der Waals surface area contributed by atoms with Crippen LogP contribution in [0.4, 0.5) is 0 Å². The van der Waals surface area contributed by atoms with Gasteiger partial charge in [-0.3, -0.25) is 14.2 Å². The predicted molar refractivity (Wildman–Crippen MR) is 99.6 cm³/mol. The van der Waals surface area contributed by atoms with Crippen molar-refractivity contribution in [3.8, 4) is 5.69 Å². The van der Waals surface area contributed by atoms with E-state index in [0.29, 0.717) is 10.9 Å². The highest BCUT2D eigenvalue weighted by Crippen LogP contribution is 2.23. The summed E-state index contributed by atoms with van der Waals surface area (Å²) in [5.74, 6) is 0.143. The SMILES string of the molecule is CC(C)c1cc2[nH]c3sccc3c(=O)c2c(=O)n1-c1ccccc1. The van der Waals surface area contributed by atoms with Gasteiger partial charge in [0.15, 0.2) is 0 Å². The Morgan fingerprint density at radius 2 is 1.83 bits per heavy atom. The minimum Gasteiger partial charge on any atom is -0.346 e. The van der Waals surface area contributed by atoms with Crippen molar-refractivity contribution < 1.29 is 0 Å². The summed E-state index contributed by atoms with van der Waals surface area (Å²) in [5, 5.41) is 2.65. The van der Waals surface area contributed by atoms with Crippen LogP contribution in [0.25, 0.3) is 26.8 Å². The Balaban J connectivity index is 2.22. The van der Waals surface area contributed by atoms with E-state index < -0.39 is 0 Å². The minimum atomic E-state index is -0.267. The number of pyridine rings is 2. The molecular weight excluding hydrogens is 320 g/mol. The number of benzene rings is 1. The van der Waals surface area contributed by atoms with Crippen LogP contribution in [0.15, 0.2) is 57.4 Å². The lowest BCUT2D eigenvalue weighted by Gasteiger charge is -2.17. The standard InChI is InChI=1S/C19H16N2O2S/c1-11(2)15-10-14-16(17(22)13-8-9-24-18(13)20-14)19(23)21(15)12-6-4-3-5-7-12/h3-11H,1-2H3,(H,20,22). The van der Waals surface area contributed by atoms with Crippen molar-refractivity contribution in [3.63, 3.8) is 0 Å². The second-order valence-corrected chi connectivity index (χ2v) is 7.02. The zero-order chi connectivity index (χ0) is 16.8. The van der Waals surface area contributed by atoms with E-state index in [2.05, 4.69) is 4.98 Å². The van der Waals surface area contributed by atoms with Gasteiger partial charge in [0.1, 0.15) is 10.2 Å². The van der Waals surface area contributed by atoms with Crippen LogP contribution in [0.3, 0.4) is 0 Å². The van der Waals surface area contributed by atoms with Crippen molar-refractivity contribution >= 4 is 32.5 Å². The molecule has 3 aromatic heterocycles. The summed E-state index contributed by atoms with van der Waals surface area (Å²) in [7, 11) is 0. The quantitative estimate of drug-likeness (QED) is 0.601. The first-order chi connectivity index (χ1) is 11.6. The fraction of sp³-hybridized carbons (Fsp3) is 0.158. The molecule has 3 heterocycles. The summed E-state index contributed by atoms with van der Waals surface area (Å²) in [6.45, 7) is 4.09. The Morgan fingerprint density at radius 1 is 1.08 bits per heavy atom. The number of fused-ring (bicyclic) bond motifs is 2. The van der Waals surface area contributed by atoms with Crippen molar-refractivity contribution in [2.45, 2.75) is 19.8 Å². The average molecular weight is 336 g/mol. The van der Waals surface area contributed by atoms with Gasteiger partial charge in [0.25, 0.3) is 5.56 Å². The van der Waals surface area contributed by atoms with Gasteiger partial charge in [-0.25, -0.2) is 0 Å². The van der Waals surface area contributed by atoms with E-state index in [1.165, 1.54) is 11.3 Å². The third-order valence-electron chi connectivity index (χ3n) is 4.23. The maximum absolute atomic E-state index is 13.2. The van der Waals surface area contributed by atoms with Gasteiger partial charge in [-0.1, -0.05) is 32.0 Å². The number of nitrogens with one attached hydrogen (secondary N) is 1. The normalized spacial score (nSPS) is 11.6. The van der Waals surface area contributed by atoms with E-state index in [1.54, 1.807) is 10.6 Å². The van der Waals surface area contributed by atoms with Crippen LogP contribution >= 0.6 is 11.3 Å². The van der Waals surface area contributed by atoms with Gasteiger partial charge in [0.05, 0.1) is 10.9 Å². The van der Waals surface area contributed by atoms with Gasteiger partial charge < -0.3 is 4.98 Å². The predicted octanol–water partition coefficient (Wildman–Crippen LogP) is 4.02. The highest BCUT2D eigenvalue weighted by Gasteiger charge is 2.17. The summed E-state index contributed by atoms with van der Waals surface area (Å²) < 4.78 is 1.65. The molecule has 0 radical (unpaired) electrons. The second-order valence-electron chi connectivity index (χ2n) is 6.11. The molecular formula is C19H16N2O2S. The Hall–Kier alpha value is -2.66. The van der Waals surface area contributed by atoms with Gasteiger partial charge in [-0.15, -0.1) is 11.3 Å². The van der Waals surface area contributed by atoms with E-state index in [-0.39, 0.29) is 22.3 Å². The monoisotopic (exact) mass is 336 g/mol. The molecule has 0 amide bonds. The molecule has 0 bridgehead atoms. The Kier molecular flexibility index (Phi) is 3.39. The fourth-order valence-electron chi connectivity index (χ4n) is 3.06. The number of hydrogen-bond donors (Lipinski definition) is 1. The molecule has 0 aliphatic carbocycles. The molecule has 4 rings (SSSR count). The maximum atomic E-state index is 13.2. The summed E-state index contributed by atoms with van der Waals surface area (Å²) in [4.78, 5) is 30.0. The second kappa shape index (κ2) is 5.46. The zero-order valence-electron chi connectivity index (χ0n) is 13.4. The average Bonchev–Trinajstić information content (AvgIpc) is 3.04. The first-order valence-electron chi connectivity index (χ1n) is 7.82. The molecule has 0 saturated carbocycles. The highest BCUT2D eigenvalue weighted by molar-refractivity contribution is 7.16. The smallest absolute Gasteiger partial charge is 0.268 e. The molecule has 120 valence electrons. The third kappa shape index (κ3) is 2.12. The van der Waals surface area contributed by atoms with Gasteiger partial charge in [0, 0.05) is 11.4 Å². The third-order valence-corrected chi connectivity index (χ3v) is 5.06. The van der Waals surface area contributed by atoms with Crippen molar-refractivity contribution in [3.05, 3.63) is 74.1 Å². The maximum Gasteiger partial charge on any atom is 0.268 e. The van der Waals surface area contributed by atoms with Crippen LogP contribution in [0.1, 0.15) is 25.5 Å². The Bertz CT molecular complexity index is 1170. The minimum absolute atomic E-state index is 0.143. The van der Waals surface area contributed by atoms with E-state index in [1.807, 2.05) is 55.6 Å². The van der Waals surface area contributed by atoms with E-state index in [4.69, 9.17) is 0 Å². The molecule has 1 N–H and O–H groups in total. The molecule has 24 heavy (non-hydrogen) atoms. The molecule has 0 saturated heterocycles. The molecule has 0 fully saturated rings. The van der Waals surface area contributed by atoms with Crippen LogP contribution in [0.2, 0.25) is 0 Å². The van der Waals surface area contributed by atoms with Gasteiger partial charge in [0.2, 0.25) is 5.43 Å². The molecule has 0 spiro atoms. The van der Waals surface area contributed by atoms with Crippen molar-refractivity contribution in [2.24, 2.45) is 0 Å². The van der Waals surface area contributed by atoms with Gasteiger partial charge >= 0.3 is 0 Å². The Labute approximate surface area is 142 Å². The largest absolute Gasteiger partial charge is 0.346 e. The van der Waals surface area contributed by atoms with Gasteiger partial charge in [-0.2, -0.15) is 0 Å². The Morgan fingerprint density at radius 3 is 2.54 bits per heavy atom. The fourth-order valence-corrected chi connectivity index (χ4v) is 3.85. The van der Waals surface area contributed by atoms with Crippen LogP contribution in [-0.2, 0) is 0 Å². The van der Waals surface area contributed by atoms with Crippen LogP contribution in [-0.4, -0.2) is 9.55 Å². The molecule has 4 aromatic rings. The number of H-pyrrole nitrogens is 1. The lowest BCUT2D eigenvalue weighted by molar-refractivity contribution is 0.764. The van der Waals surface area contributed by atoms with Crippen LogP contribution < -0.4 is 11.0 Å². The molecule has 1 aromatic carbocycles. The number of thiophene rings is 1. The first-order valence-corrected chi connectivity index (χ1v) is 8.70. The molecule has 0 unspecified atom stereocenters. The topological polar surface area (TPSA) is 54.9 Å². The molecule has 5 heteroatoms. The first kappa shape index (κ1) is 14.9. The van der Waals surface area contributed by atoms with Crippen molar-refractivity contribution in [2.75, 3.05) is 0 Å². The molecule has 0 aliphatic rings. The number of aromatic amines is 1. The molecule has 0 aliphatic heterocycles. The molecule has 4 nitrogen and oxygen atoms in total. The number of nitrogens with zero attached hydrogens (tertiary/aromatic N) is 1. The van der Waals surface area contributed by atoms with Crippen molar-refractivity contribution in [1.29, 1.82) is 0 Å². The number of hydrogen-bond acceptors (Lipinski definition) is 3. The van der Waals surface area contributed by atoms with E-state index in [0.717, 1.165) is 16.2 Å². The summed E-state index contributed by atoms with van der Waals surface area (Å²) in [6, 6.07) is 13.2. The number of aromatic nitrogens is 2. The van der Waals surface area contributed by atoms with Gasteiger partial charge in [-0.05, 0) is 35.6 Å². The summed E-state index contributed by atoms with van der Waals surface area (Å²) >= 11 is 1.47. The lowest BCUT2D eigenvalue weighted by Crippen LogP contribution is -2.27. The highest BCUT2D eigenvalue weighted by atomic mass is 32.1. The van der Waals surface area contributed by atoms with Crippen LogP contribution in [0, 0.1) is 0 Å². The van der Waals surface area contributed by atoms with E-state index >= 15 is 0 Å². The molecule has 0 atom stereocenters. The summed E-state index contributed by atoms with van der Waals surface area (Å²) in [5.41, 5.74) is 1.79. The summed E-state index contributed by atoms with van der Waals surface area (Å²) in [6.07, 6.45) is 0. The van der Waals surface area contributed by atoms with Crippen molar-refractivity contribution in [1.82, 2.24) is 9.55 Å². The van der Waals surface area contributed by atoms with E-state index in [9.17, 15) is 9.59 Å². The zero-order valence-corrected chi connectivity index (χ0v) is 14.2.